The number of aryl methyl sites for hydroxylation is 1. The SMILES string of the molecule is Cc1cc(F)ccc1NC(=O)Cc1csc2nc(-c3cccc(Cl)c3)cn12.Cl. The maximum atomic E-state index is 13.2. The van der Waals surface area contributed by atoms with Crippen molar-refractivity contribution in [1.29, 1.82) is 0 Å². The number of thiazole rings is 1. The summed E-state index contributed by atoms with van der Waals surface area (Å²) in [4.78, 5) is 17.9. The zero-order chi connectivity index (χ0) is 19.0. The number of aromatic nitrogens is 2. The number of amides is 1. The highest BCUT2D eigenvalue weighted by Crippen LogP contribution is 2.26. The van der Waals surface area contributed by atoms with Crippen molar-refractivity contribution in [3.05, 3.63) is 76.1 Å². The van der Waals surface area contributed by atoms with Crippen LogP contribution >= 0.6 is 35.3 Å². The van der Waals surface area contributed by atoms with Crippen LogP contribution in [-0.4, -0.2) is 15.3 Å². The Bertz CT molecular complexity index is 1160. The normalized spacial score (nSPS) is 10.7. The first-order chi connectivity index (χ1) is 13.0. The second kappa shape index (κ2) is 8.31. The van der Waals surface area contributed by atoms with Gasteiger partial charge in [0.25, 0.3) is 0 Å². The van der Waals surface area contributed by atoms with Gasteiger partial charge < -0.3 is 5.32 Å². The molecule has 1 amide bonds. The second-order valence-corrected chi connectivity index (χ2v) is 7.47. The molecular formula is C20H16Cl2FN3OS. The number of halogens is 3. The van der Waals surface area contributed by atoms with Crippen LogP contribution in [0.25, 0.3) is 16.2 Å². The van der Waals surface area contributed by atoms with E-state index in [2.05, 4.69) is 10.3 Å². The minimum atomic E-state index is -0.322. The van der Waals surface area contributed by atoms with Gasteiger partial charge in [-0.15, -0.1) is 23.7 Å². The predicted molar refractivity (Wildman–Crippen MR) is 114 cm³/mol. The molecule has 0 aliphatic rings. The minimum absolute atomic E-state index is 0. The molecule has 4 aromatic rings. The summed E-state index contributed by atoms with van der Waals surface area (Å²) in [6, 6.07) is 11.8. The van der Waals surface area contributed by atoms with Gasteiger partial charge in [-0.3, -0.25) is 9.20 Å². The Morgan fingerprint density at radius 1 is 1.29 bits per heavy atom. The van der Waals surface area contributed by atoms with Crippen LogP contribution in [0.4, 0.5) is 10.1 Å². The van der Waals surface area contributed by atoms with Crippen LogP contribution in [-0.2, 0) is 11.2 Å². The Hall–Kier alpha value is -2.41. The standard InChI is InChI=1S/C20H15ClFN3OS.ClH/c1-12-7-15(22)5-6-17(12)23-19(26)9-16-11-27-20-24-18(10-25(16)20)13-3-2-4-14(21)8-13;/h2-8,10-11H,9H2,1H3,(H,23,26);1H. The minimum Gasteiger partial charge on any atom is -0.326 e. The number of nitrogens with zero attached hydrogens (tertiary/aromatic N) is 2. The van der Waals surface area contributed by atoms with Gasteiger partial charge in [0, 0.05) is 33.5 Å². The van der Waals surface area contributed by atoms with E-state index in [0.29, 0.717) is 16.3 Å². The molecule has 2 heterocycles. The number of hydrogen-bond donors (Lipinski definition) is 1. The number of carbonyl (C=O) groups is 1. The molecule has 0 spiro atoms. The molecule has 1 N–H and O–H groups in total. The maximum absolute atomic E-state index is 13.2. The number of imidazole rings is 1. The molecule has 4 nitrogen and oxygen atoms in total. The van der Waals surface area contributed by atoms with E-state index in [-0.39, 0.29) is 30.6 Å². The first-order valence-corrected chi connectivity index (χ1v) is 9.53. The lowest BCUT2D eigenvalue weighted by atomic mass is 10.2. The molecule has 0 aliphatic carbocycles. The fourth-order valence-electron chi connectivity index (χ4n) is 2.87. The molecule has 0 atom stereocenters. The number of anilines is 1. The van der Waals surface area contributed by atoms with Gasteiger partial charge in [0.2, 0.25) is 5.91 Å². The zero-order valence-electron chi connectivity index (χ0n) is 14.8. The van der Waals surface area contributed by atoms with E-state index >= 15 is 0 Å². The first kappa shape index (κ1) is 20.3. The zero-order valence-corrected chi connectivity index (χ0v) is 17.2. The third-order valence-corrected chi connectivity index (χ3v) is 5.33. The quantitative estimate of drug-likeness (QED) is 0.442. The third-order valence-electron chi connectivity index (χ3n) is 4.21. The third kappa shape index (κ3) is 4.19. The second-order valence-electron chi connectivity index (χ2n) is 6.20. The van der Waals surface area contributed by atoms with Crippen LogP contribution in [0.5, 0.6) is 0 Å². The van der Waals surface area contributed by atoms with E-state index in [0.717, 1.165) is 21.9 Å². The number of hydrogen-bond acceptors (Lipinski definition) is 3. The van der Waals surface area contributed by atoms with Gasteiger partial charge in [-0.1, -0.05) is 23.7 Å². The summed E-state index contributed by atoms with van der Waals surface area (Å²) in [6.07, 6.45) is 2.10. The smallest absolute Gasteiger partial charge is 0.230 e. The van der Waals surface area contributed by atoms with Crippen LogP contribution in [0.2, 0.25) is 5.02 Å². The van der Waals surface area contributed by atoms with Gasteiger partial charge in [0.05, 0.1) is 12.1 Å². The Balaban J connectivity index is 0.00000225. The molecule has 28 heavy (non-hydrogen) atoms. The molecule has 144 valence electrons. The molecular weight excluding hydrogens is 420 g/mol. The molecule has 0 bridgehead atoms. The van der Waals surface area contributed by atoms with Crippen molar-refractivity contribution in [2.45, 2.75) is 13.3 Å². The summed E-state index contributed by atoms with van der Waals surface area (Å²) in [5.74, 6) is -0.487. The average molecular weight is 436 g/mol. The number of benzene rings is 2. The van der Waals surface area contributed by atoms with Crippen molar-refractivity contribution in [1.82, 2.24) is 9.38 Å². The average Bonchev–Trinajstić information content (AvgIpc) is 3.20. The number of nitrogens with one attached hydrogen (secondary N) is 1. The molecule has 0 saturated carbocycles. The van der Waals surface area contributed by atoms with Gasteiger partial charge in [-0.25, -0.2) is 9.37 Å². The monoisotopic (exact) mass is 435 g/mol. The van der Waals surface area contributed by atoms with E-state index in [4.69, 9.17) is 11.6 Å². The lowest BCUT2D eigenvalue weighted by Gasteiger charge is -2.08. The molecule has 0 radical (unpaired) electrons. The summed E-state index contributed by atoms with van der Waals surface area (Å²) in [5.41, 5.74) is 3.87. The highest BCUT2D eigenvalue weighted by molar-refractivity contribution is 7.15. The molecule has 0 aliphatic heterocycles. The summed E-state index contributed by atoms with van der Waals surface area (Å²) >= 11 is 7.53. The summed E-state index contributed by atoms with van der Waals surface area (Å²) < 4.78 is 15.1. The Morgan fingerprint density at radius 2 is 2.11 bits per heavy atom. The van der Waals surface area contributed by atoms with E-state index in [1.807, 2.05) is 40.2 Å². The van der Waals surface area contributed by atoms with Crippen molar-refractivity contribution in [2.24, 2.45) is 0 Å². The summed E-state index contributed by atoms with van der Waals surface area (Å²) in [5, 5.41) is 5.40. The van der Waals surface area contributed by atoms with Gasteiger partial charge in [-0.2, -0.15) is 0 Å². The molecule has 2 aromatic heterocycles. The highest BCUT2D eigenvalue weighted by atomic mass is 35.5. The van der Waals surface area contributed by atoms with Crippen LogP contribution < -0.4 is 5.32 Å². The molecule has 0 saturated heterocycles. The number of fused-ring (bicyclic) bond motifs is 1. The fraction of sp³-hybridized carbons (Fsp3) is 0.100. The van der Waals surface area contributed by atoms with Crippen LogP contribution in [0.15, 0.2) is 54.0 Å². The van der Waals surface area contributed by atoms with Crippen LogP contribution in [0.3, 0.4) is 0 Å². The Kier molecular flexibility index (Phi) is 6.03. The van der Waals surface area contributed by atoms with Crippen LogP contribution in [0.1, 0.15) is 11.3 Å². The van der Waals surface area contributed by atoms with E-state index in [1.54, 1.807) is 13.0 Å². The van der Waals surface area contributed by atoms with Crippen molar-refractivity contribution < 1.29 is 9.18 Å². The van der Waals surface area contributed by atoms with Gasteiger partial charge >= 0.3 is 0 Å². The van der Waals surface area contributed by atoms with E-state index < -0.39 is 0 Å². The van der Waals surface area contributed by atoms with Gasteiger partial charge in [-0.05, 0) is 42.8 Å². The maximum Gasteiger partial charge on any atom is 0.230 e. The highest BCUT2D eigenvalue weighted by Gasteiger charge is 2.13. The van der Waals surface area contributed by atoms with E-state index in [9.17, 15) is 9.18 Å². The van der Waals surface area contributed by atoms with E-state index in [1.165, 1.54) is 23.5 Å². The van der Waals surface area contributed by atoms with Crippen molar-refractivity contribution in [3.8, 4) is 11.3 Å². The fourth-order valence-corrected chi connectivity index (χ4v) is 3.93. The molecule has 0 unspecified atom stereocenters. The summed E-state index contributed by atoms with van der Waals surface area (Å²) in [6.45, 7) is 1.76. The number of rotatable bonds is 4. The Labute approximate surface area is 176 Å². The van der Waals surface area contributed by atoms with Gasteiger partial charge in [0.15, 0.2) is 4.96 Å². The van der Waals surface area contributed by atoms with Crippen LogP contribution in [0, 0.1) is 12.7 Å². The van der Waals surface area contributed by atoms with Gasteiger partial charge in [0.1, 0.15) is 5.82 Å². The molecule has 8 heteroatoms. The molecule has 4 rings (SSSR count). The predicted octanol–water partition coefficient (Wildman–Crippen LogP) is 5.77. The first-order valence-electron chi connectivity index (χ1n) is 8.27. The lowest BCUT2D eigenvalue weighted by molar-refractivity contribution is -0.115. The molecule has 2 aromatic carbocycles. The Morgan fingerprint density at radius 3 is 2.86 bits per heavy atom. The van der Waals surface area contributed by atoms with Crippen molar-refractivity contribution >= 4 is 51.9 Å². The lowest BCUT2D eigenvalue weighted by Crippen LogP contribution is -2.16. The van der Waals surface area contributed by atoms with Crippen molar-refractivity contribution in [2.75, 3.05) is 5.32 Å². The molecule has 0 fully saturated rings. The van der Waals surface area contributed by atoms with Crippen molar-refractivity contribution in [3.63, 3.8) is 0 Å². The topological polar surface area (TPSA) is 46.4 Å². The summed E-state index contributed by atoms with van der Waals surface area (Å²) in [7, 11) is 0. The largest absolute Gasteiger partial charge is 0.326 e. The number of carbonyl (C=O) groups excluding carboxylic acids is 1.